The zero-order valence-corrected chi connectivity index (χ0v) is 13.8. The van der Waals surface area contributed by atoms with Gasteiger partial charge < -0.3 is 4.74 Å². The molecule has 1 heterocycles. The van der Waals surface area contributed by atoms with Crippen molar-refractivity contribution in [2.24, 2.45) is 0 Å². The molecule has 2 amide bonds. The summed E-state index contributed by atoms with van der Waals surface area (Å²) >= 11 is 0. The fourth-order valence-electron chi connectivity index (χ4n) is 2.60. The summed E-state index contributed by atoms with van der Waals surface area (Å²) in [5.74, 6) is -1.71. The number of ether oxygens (including phenoxy) is 1. The Morgan fingerprint density at radius 1 is 1.08 bits per heavy atom. The van der Waals surface area contributed by atoms with E-state index in [1.165, 1.54) is 42.5 Å². The Labute approximate surface area is 148 Å². The number of rotatable bonds is 5. The van der Waals surface area contributed by atoms with Gasteiger partial charge in [-0.2, -0.15) is 0 Å². The first-order valence-electron chi connectivity index (χ1n) is 7.88. The van der Waals surface area contributed by atoms with Gasteiger partial charge in [0.15, 0.2) is 0 Å². The quantitative estimate of drug-likeness (QED) is 0.354. The van der Waals surface area contributed by atoms with E-state index < -0.39 is 22.7 Å². The largest absolute Gasteiger partial charge is 0.462 e. The van der Waals surface area contributed by atoms with Gasteiger partial charge in [0.25, 0.3) is 17.5 Å². The lowest BCUT2D eigenvalue weighted by atomic mass is 10.1. The molecule has 2 aromatic carbocycles. The number of fused-ring (bicyclic) bond motifs is 1. The predicted octanol–water partition coefficient (Wildman–Crippen LogP) is 2.96. The van der Waals surface area contributed by atoms with Crippen molar-refractivity contribution in [2.45, 2.75) is 13.3 Å². The van der Waals surface area contributed by atoms with Gasteiger partial charge in [-0.05, 0) is 36.8 Å². The number of imide groups is 1. The number of anilines is 1. The van der Waals surface area contributed by atoms with Crippen LogP contribution in [0.4, 0.5) is 11.4 Å². The number of carbonyl (C=O) groups excluding carboxylic acids is 3. The summed E-state index contributed by atoms with van der Waals surface area (Å²) in [5, 5.41) is 10.7. The number of non-ortho nitro benzene ring substituents is 1. The Kier molecular flexibility index (Phi) is 4.49. The molecule has 1 aliphatic rings. The van der Waals surface area contributed by atoms with Crippen LogP contribution in [0.25, 0.3) is 0 Å². The minimum absolute atomic E-state index is 0.0966. The molecule has 0 saturated carbocycles. The summed E-state index contributed by atoms with van der Waals surface area (Å²) in [4.78, 5) is 48.2. The molecule has 8 heteroatoms. The van der Waals surface area contributed by atoms with Gasteiger partial charge in [0.2, 0.25) is 0 Å². The number of esters is 1. The lowest BCUT2D eigenvalue weighted by molar-refractivity contribution is -0.384. The molecule has 0 atom stereocenters. The third-order valence-electron chi connectivity index (χ3n) is 3.88. The van der Waals surface area contributed by atoms with Crippen LogP contribution in [0.3, 0.4) is 0 Å². The van der Waals surface area contributed by atoms with Crippen LogP contribution in [0.1, 0.15) is 44.4 Å². The molecule has 0 spiro atoms. The van der Waals surface area contributed by atoms with Crippen LogP contribution in [0, 0.1) is 10.1 Å². The summed E-state index contributed by atoms with van der Waals surface area (Å²) in [7, 11) is 0. The zero-order chi connectivity index (χ0) is 18.8. The fraction of sp³-hybridized carbons (Fsp3) is 0.167. The van der Waals surface area contributed by atoms with Crippen LogP contribution in [0.15, 0.2) is 42.5 Å². The number of amides is 2. The Morgan fingerprint density at radius 2 is 1.73 bits per heavy atom. The van der Waals surface area contributed by atoms with Gasteiger partial charge in [-0.1, -0.05) is 6.92 Å². The third kappa shape index (κ3) is 2.92. The highest BCUT2D eigenvalue weighted by atomic mass is 16.6. The van der Waals surface area contributed by atoms with Crippen molar-refractivity contribution >= 4 is 29.2 Å². The Hall–Kier alpha value is -3.55. The van der Waals surface area contributed by atoms with Crippen LogP contribution >= 0.6 is 0 Å². The van der Waals surface area contributed by atoms with Crippen LogP contribution in [0.5, 0.6) is 0 Å². The molecular formula is C18H14N2O6. The van der Waals surface area contributed by atoms with Crippen molar-refractivity contribution in [3.63, 3.8) is 0 Å². The first-order chi connectivity index (χ1) is 12.4. The lowest BCUT2D eigenvalue weighted by Gasteiger charge is -2.13. The molecule has 0 aromatic heterocycles. The van der Waals surface area contributed by atoms with Gasteiger partial charge in [-0.25, -0.2) is 9.69 Å². The van der Waals surface area contributed by atoms with E-state index in [1.54, 1.807) is 0 Å². The van der Waals surface area contributed by atoms with E-state index in [2.05, 4.69) is 0 Å². The van der Waals surface area contributed by atoms with Crippen molar-refractivity contribution in [3.8, 4) is 0 Å². The molecule has 0 radical (unpaired) electrons. The van der Waals surface area contributed by atoms with Gasteiger partial charge in [0.05, 0.1) is 33.9 Å². The van der Waals surface area contributed by atoms with E-state index in [0.29, 0.717) is 6.42 Å². The topological polar surface area (TPSA) is 107 Å². The second kappa shape index (κ2) is 6.75. The molecule has 0 unspecified atom stereocenters. The molecule has 1 aliphatic heterocycles. The average molecular weight is 354 g/mol. The minimum atomic E-state index is -0.594. The van der Waals surface area contributed by atoms with Crippen LogP contribution in [0.2, 0.25) is 0 Å². The van der Waals surface area contributed by atoms with Crippen molar-refractivity contribution in [3.05, 3.63) is 69.3 Å². The maximum absolute atomic E-state index is 12.6. The van der Waals surface area contributed by atoms with Crippen molar-refractivity contribution < 1.29 is 24.0 Å². The average Bonchev–Trinajstić information content (AvgIpc) is 2.90. The van der Waals surface area contributed by atoms with E-state index in [4.69, 9.17) is 4.74 Å². The highest BCUT2D eigenvalue weighted by molar-refractivity contribution is 6.34. The fourth-order valence-corrected chi connectivity index (χ4v) is 2.60. The maximum atomic E-state index is 12.6. The van der Waals surface area contributed by atoms with E-state index in [1.807, 2.05) is 6.92 Å². The molecule has 3 rings (SSSR count). The standard InChI is InChI=1S/C18H14N2O6/c1-2-9-26-18(23)11-3-8-14-15(10-11)17(22)19(16(14)21)12-4-6-13(7-5-12)20(24)25/h3-8,10H,2,9H2,1H3. The van der Waals surface area contributed by atoms with Gasteiger partial charge >= 0.3 is 5.97 Å². The van der Waals surface area contributed by atoms with Crippen LogP contribution < -0.4 is 4.90 Å². The van der Waals surface area contributed by atoms with Gasteiger partial charge in [-0.3, -0.25) is 19.7 Å². The van der Waals surface area contributed by atoms with E-state index in [0.717, 1.165) is 4.90 Å². The van der Waals surface area contributed by atoms with Crippen molar-refractivity contribution in [1.82, 2.24) is 0 Å². The Bertz CT molecular complexity index is 920. The first kappa shape index (κ1) is 17.3. The van der Waals surface area contributed by atoms with E-state index in [-0.39, 0.29) is 34.7 Å². The predicted molar refractivity (Wildman–Crippen MR) is 91.3 cm³/mol. The number of benzene rings is 2. The summed E-state index contributed by atoms with van der Waals surface area (Å²) in [6, 6.07) is 9.26. The van der Waals surface area contributed by atoms with E-state index in [9.17, 15) is 24.5 Å². The van der Waals surface area contributed by atoms with Gasteiger partial charge in [0.1, 0.15) is 0 Å². The molecule has 2 aromatic rings. The second-order valence-corrected chi connectivity index (χ2v) is 5.62. The van der Waals surface area contributed by atoms with E-state index >= 15 is 0 Å². The van der Waals surface area contributed by atoms with Crippen LogP contribution in [-0.2, 0) is 4.74 Å². The maximum Gasteiger partial charge on any atom is 0.338 e. The highest BCUT2D eigenvalue weighted by Crippen LogP contribution is 2.30. The third-order valence-corrected chi connectivity index (χ3v) is 3.88. The molecular weight excluding hydrogens is 340 g/mol. The molecule has 8 nitrogen and oxygen atoms in total. The van der Waals surface area contributed by atoms with Gasteiger partial charge in [0, 0.05) is 12.1 Å². The van der Waals surface area contributed by atoms with Crippen molar-refractivity contribution in [2.75, 3.05) is 11.5 Å². The lowest BCUT2D eigenvalue weighted by Crippen LogP contribution is -2.29. The van der Waals surface area contributed by atoms with Gasteiger partial charge in [-0.15, -0.1) is 0 Å². The highest BCUT2D eigenvalue weighted by Gasteiger charge is 2.37. The molecule has 26 heavy (non-hydrogen) atoms. The first-order valence-corrected chi connectivity index (χ1v) is 7.88. The number of nitro groups is 1. The number of hydrogen-bond donors (Lipinski definition) is 0. The molecule has 0 aliphatic carbocycles. The normalized spacial score (nSPS) is 12.9. The zero-order valence-electron chi connectivity index (χ0n) is 13.8. The molecule has 0 saturated heterocycles. The summed E-state index contributed by atoms with van der Waals surface area (Å²) < 4.78 is 5.03. The SMILES string of the molecule is CCCOC(=O)c1ccc2c(c1)C(=O)N(c1ccc([N+](=O)[O-])cc1)C2=O. The smallest absolute Gasteiger partial charge is 0.338 e. The summed E-state index contributed by atoms with van der Waals surface area (Å²) in [6.45, 7) is 2.12. The molecule has 0 N–H and O–H groups in total. The molecule has 0 fully saturated rings. The van der Waals surface area contributed by atoms with Crippen LogP contribution in [-0.4, -0.2) is 29.3 Å². The Balaban J connectivity index is 1.92. The Morgan fingerprint density at radius 3 is 2.35 bits per heavy atom. The second-order valence-electron chi connectivity index (χ2n) is 5.62. The molecule has 0 bridgehead atoms. The van der Waals surface area contributed by atoms with Crippen molar-refractivity contribution in [1.29, 1.82) is 0 Å². The minimum Gasteiger partial charge on any atom is -0.462 e. The number of hydrogen-bond acceptors (Lipinski definition) is 6. The number of carbonyl (C=O) groups is 3. The monoisotopic (exact) mass is 354 g/mol. The summed E-state index contributed by atoms with van der Waals surface area (Å²) in [5.41, 5.74) is 0.520. The number of nitro benzene ring substituents is 1. The number of nitrogens with zero attached hydrogens (tertiary/aromatic N) is 2. The summed E-state index contributed by atoms with van der Waals surface area (Å²) in [6.07, 6.45) is 0.669. The molecule has 132 valence electrons.